The second-order valence-electron chi connectivity index (χ2n) is 5.05. The van der Waals surface area contributed by atoms with E-state index in [9.17, 15) is 5.11 Å². The Bertz CT molecular complexity index is 171. The van der Waals surface area contributed by atoms with Gasteiger partial charge in [-0.15, -0.1) is 0 Å². The molecule has 0 aromatic rings. The summed E-state index contributed by atoms with van der Waals surface area (Å²) < 4.78 is 0. The molecule has 0 bridgehead atoms. The lowest BCUT2D eigenvalue weighted by molar-refractivity contribution is 0.0590. The second kappa shape index (κ2) is 7.25. The van der Waals surface area contributed by atoms with Gasteiger partial charge in [-0.25, -0.2) is 0 Å². The number of hydrogen-bond acceptors (Lipinski definition) is 3. The van der Waals surface area contributed by atoms with E-state index in [4.69, 9.17) is 5.73 Å². The van der Waals surface area contributed by atoms with Gasteiger partial charge >= 0.3 is 0 Å². The van der Waals surface area contributed by atoms with E-state index < -0.39 is 0 Å². The average molecular weight is 228 g/mol. The standard InChI is InChI=1S/C13H28N2O/c1-2-9-15(10-11-16)13(12-14)7-5-3-4-6-8-13/h16H,2-12,14H2,1H3. The number of aliphatic hydroxyl groups excluding tert-OH is 1. The van der Waals surface area contributed by atoms with Crippen molar-refractivity contribution in [2.75, 3.05) is 26.2 Å². The number of nitrogens with zero attached hydrogens (tertiary/aromatic N) is 1. The molecular formula is C13H28N2O. The van der Waals surface area contributed by atoms with Crippen LogP contribution >= 0.6 is 0 Å². The van der Waals surface area contributed by atoms with Gasteiger partial charge < -0.3 is 10.8 Å². The van der Waals surface area contributed by atoms with Crippen LogP contribution in [0.2, 0.25) is 0 Å². The molecule has 0 saturated heterocycles. The van der Waals surface area contributed by atoms with Crippen LogP contribution in [0.25, 0.3) is 0 Å². The van der Waals surface area contributed by atoms with Crippen LogP contribution in [0, 0.1) is 0 Å². The minimum absolute atomic E-state index is 0.176. The SMILES string of the molecule is CCCN(CCO)C1(CN)CCCCCC1. The Morgan fingerprint density at radius 3 is 2.19 bits per heavy atom. The lowest BCUT2D eigenvalue weighted by Gasteiger charge is -2.43. The van der Waals surface area contributed by atoms with Crippen molar-refractivity contribution in [1.82, 2.24) is 4.90 Å². The Morgan fingerprint density at radius 1 is 1.12 bits per heavy atom. The van der Waals surface area contributed by atoms with Gasteiger partial charge in [-0.1, -0.05) is 32.6 Å². The zero-order valence-electron chi connectivity index (χ0n) is 10.7. The topological polar surface area (TPSA) is 49.5 Å². The predicted molar refractivity (Wildman–Crippen MR) is 68.4 cm³/mol. The molecule has 0 amide bonds. The van der Waals surface area contributed by atoms with E-state index in [2.05, 4.69) is 11.8 Å². The fourth-order valence-corrected chi connectivity index (χ4v) is 3.01. The molecule has 0 heterocycles. The summed E-state index contributed by atoms with van der Waals surface area (Å²) in [5, 5.41) is 9.19. The van der Waals surface area contributed by atoms with Crippen molar-refractivity contribution in [2.24, 2.45) is 5.73 Å². The normalized spacial score (nSPS) is 21.0. The third-order valence-electron chi connectivity index (χ3n) is 3.95. The molecule has 1 aliphatic carbocycles. The molecule has 0 spiro atoms. The van der Waals surface area contributed by atoms with Crippen LogP contribution in [0.15, 0.2) is 0 Å². The van der Waals surface area contributed by atoms with Crippen molar-refractivity contribution in [2.45, 2.75) is 57.4 Å². The summed E-state index contributed by atoms with van der Waals surface area (Å²) in [6.07, 6.45) is 8.85. The average Bonchev–Trinajstić information content (AvgIpc) is 2.55. The molecular weight excluding hydrogens is 200 g/mol. The first-order valence-electron chi connectivity index (χ1n) is 6.85. The van der Waals surface area contributed by atoms with Gasteiger partial charge in [-0.05, 0) is 25.8 Å². The van der Waals surface area contributed by atoms with E-state index in [1.165, 1.54) is 38.5 Å². The molecule has 1 fully saturated rings. The van der Waals surface area contributed by atoms with Crippen LogP contribution in [-0.4, -0.2) is 41.8 Å². The van der Waals surface area contributed by atoms with E-state index in [0.29, 0.717) is 0 Å². The van der Waals surface area contributed by atoms with Gasteiger partial charge in [0.2, 0.25) is 0 Å². The lowest BCUT2D eigenvalue weighted by Crippen LogP contribution is -2.54. The highest BCUT2D eigenvalue weighted by molar-refractivity contribution is 4.93. The number of nitrogens with two attached hydrogens (primary N) is 1. The summed E-state index contributed by atoms with van der Waals surface area (Å²) >= 11 is 0. The van der Waals surface area contributed by atoms with E-state index >= 15 is 0 Å². The van der Waals surface area contributed by atoms with Crippen LogP contribution < -0.4 is 5.73 Å². The van der Waals surface area contributed by atoms with Crippen molar-refractivity contribution in [3.63, 3.8) is 0 Å². The van der Waals surface area contributed by atoms with Gasteiger partial charge in [0.25, 0.3) is 0 Å². The molecule has 1 aliphatic rings. The van der Waals surface area contributed by atoms with Gasteiger partial charge in [-0.2, -0.15) is 0 Å². The van der Waals surface area contributed by atoms with Crippen molar-refractivity contribution < 1.29 is 5.11 Å². The molecule has 0 unspecified atom stereocenters. The Morgan fingerprint density at radius 2 is 1.75 bits per heavy atom. The molecule has 3 nitrogen and oxygen atoms in total. The number of aliphatic hydroxyl groups is 1. The van der Waals surface area contributed by atoms with Crippen molar-refractivity contribution >= 4 is 0 Å². The van der Waals surface area contributed by atoms with Gasteiger partial charge in [0.05, 0.1) is 6.61 Å². The fraction of sp³-hybridized carbons (Fsp3) is 1.00. The van der Waals surface area contributed by atoms with Crippen LogP contribution in [0.4, 0.5) is 0 Å². The second-order valence-corrected chi connectivity index (χ2v) is 5.05. The zero-order chi connectivity index (χ0) is 11.9. The van der Waals surface area contributed by atoms with Gasteiger partial charge in [0, 0.05) is 18.6 Å². The largest absolute Gasteiger partial charge is 0.395 e. The molecule has 16 heavy (non-hydrogen) atoms. The third-order valence-corrected chi connectivity index (χ3v) is 3.95. The Kier molecular flexibility index (Phi) is 6.32. The lowest BCUT2D eigenvalue weighted by atomic mass is 9.88. The maximum Gasteiger partial charge on any atom is 0.0558 e. The molecule has 0 radical (unpaired) electrons. The molecule has 1 saturated carbocycles. The van der Waals surface area contributed by atoms with Crippen molar-refractivity contribution in [3.8, 4) is 0 Å². The molecule has 0 aliphatic heterocycles. The van der Waals surface area contributed by atoms with Crippen molar-refractivity contribution in [1.29, 1.82) is 0 Å². The van der Waals surface area contributed by atoms with Gasteiger partial charge in [-0.3, -0.25) is 4.90 Å². The highest BCUT2D eigenvalue weighted by atomic mass is 16.3. The Balaban J connectivity index is 2.71. The zero-order valence-corrected chi connectivity index (χ0v) is 10.7. The summed E-state index contributed by atoms with van der Waals surface area (Å²) in [5.41, 5.74) is 6.22. The molecule has 1 rings (SSSR count). The summed E-state index contributed by atoms with van der Waals surface area (Å²) in [6.45, 7) is 5.04. The van der Waals surface area contributed by atoms with E-state index in [1.807, 2.05) is 0 Å². The minimum atomic E-state index is 0.176. The minimum Gasteiger partial charge on any atom is -0.395 e. The maximum atomic E-state index is 9.19. The third kappa shape index (κ3) is 3.44. The van der Waals surface area contributed by atoms with Gasteiger partial charge in [0.1, 0.15) is 0 Å². The van der Waals surface area contributed by atoms with Crippen LogP contribution in [-0.2, 0) is 0 Å². The first-order valence-corrected chi connectivity index (χ1v) is 6.85. The molecule has 0 atom stereocenters. The summed E-state index contributed by atoms with van der Waals surface area (Å²) in [5.74, 6) is 0. The molecule has 3 N–H and O–H groups in total. The smallest absolute Gasteiger partial charge is 0.0558 e. The fourth-order valence-electron chi connectivity index (χ4n) is 3.01. The molecule has 0 aromatic carbocycles. The summed E-state index contributed by atoms with van der Waals surface area (Å²) in [6, 6.07) is 0. The quantitative estimate of drug-likeness (QED) is 0.681. The monoisotopic (exact) mass is 228 g/mol. The van der Waals surface area contributed by atoms with Crippen LogP contribution in [0.5, 0.6) is 0 Å². The number of β-amino-alcohol motifs (C(OH)–C–C–N with tert-alkyl or cyclic N) is 1. The molecule has 0 aromatic heterocycles. The van der Waals surface area contributed by atoms with Crippen LogP contribution in [0.3, 0.4) is 0 Å². The first kappa shape index (κ1) is 13.9. The number of hydrogen-bond donors (Lipinski definition) is 2. The van der Waals surface area contributed by atoms with E-state index in [0.717, 1.165) is 26.1 Å². The Hall–Kier alpha value is -0.120. The first-order chi connectivity index (χ1) is 7.79. The predicted octanol–water partition coefficient (Wildman–Crippen LogP) is 1.74. The van der Waals surface area contributed by atoms with E-state index in [-0.39, 0.29) is 12.1 Å². The van der Waals surface area contributed by atoms with E-state index in [1.54, 1.807) is 0 Å². The van der Waals surface area contributed by atoms with Crippen LogP contribution in [0.1, 0.15) is 51.9 Å². The molecule has 3 heteroatoms. The Labute approximate surface area is 100 Å². The maximum absolute atomic E-state index is 9.19. The summed E-state index contributed by atoms with van der Waals surface area (Å²) in [4.78, 5) is 2.44. The summed E-state index contributed by atoms with van der Waals surface area (Å²) in [7, 11) is 0. The van der Waals surface area contributed by atoms with Crippen molar-refractivity contribution in [3.05, 3.63) is 0 Å². The highest BCUT2D eigenvalue weighted by Crippen LogP contribution is 2.31. The van der Waals surface area contributed by atoms with Gasteiger partial charge in [0.15, 0.2) is 0 Å². The molecule has 96 valence electrons. The number of rotatable bonds is 6. The highest BCUT2D eigenvalue weighted by Gasteiger charge is 2.34.